The van der Waals surface area contributed by atoms with Crippen molar-refractivity contribution >= 4 is 40.8 Å². The first-order chi connectivity index (χ1) is 8.15. The summed E-state index contributed by atoms with van der Waals surface area (Å²) in [5, 5.41) is 1.13. The monoisotopic (exact) mass is 284 g/mol. The fourth-order valence-electron chi connectivity index (χ4n) is 1.30. The number of pyridine rings is 1. The quantitative estimate of drug-likeness (QED) is 0.856. The van der Waals surface area contributed by atoms with Crippen molar-refractivity contribution in [2.75, 3.05) is 5.73 Å². The van der Waals surface area contributed by atoms with Crippen molar-refractivity contribution < 1.29 is 0 Å². The van der Waals surface area contributed by atoms with Crippen LogP contribution in [0.4, 0.5) is 5.82 Å². The van der Waals surface area contributed by atoms with Crippen LogP contribution in [0.5, 0.6) is 0 Å². The van der Waals surface area contributed by atoms with Gasteiger partial charge in [-0.1, -0.05) is 29.3 Å². The molecule has 0 saturated heterocycles. The zero-order valence-electron chi connectivity index (χ0n) is 8.86. The molecule has 0 aliphatic heterocycles. The third-order valence-corrected chi connectivity index (χ3v) is 3.87. The lowest BCUT2D eigenvalue weighted by Crippen LogP contribution is -1.93. The number of hydrogen-bond acceptors (Lipinski definition) is 3. The van der Waals surface area contributed by atoms with Gasteiger partial charge in [0.15, 0.2) is 0 Å². The first kappa shape index (κ1) is 12.6. The van der Waals surface area contributed by atoms with Gasteiger partial charge in [0.05, 0.1) is 15.7 Å². The number of nitrogen functional groups attached to an aromatic ring is 1. The summed E-state index contributed by atoms with van der Waals surface area (Å²) in [6.07, 6.45) is 0. The average Bonchev–Trinajstić information content (AvgIpc) is 2.31. The Morgan fingerprint density at radius 2 is 1.94 bits per heavy atom. The molecule has 1 aromatic heterocycles. The van der Waals surface area contributed by atoms with E-state index in [1.165, 1.54) is 0 Å². The molecular formula is C12H10Cl2N2S. The lowest BCUT2D eigenvalue weighted by molar-refractivity contribution is 1.18. The molecule has 0 atom stereocenters. The lowest BCUT2D eigenvalue weighted by Gasteiger charge is -2.03. The minimum atomic E-state index is 0.539. The van der Waals surface area contributed by atoms with Gasteiger partial charge in [0, 0.05) is 10.6 Å². The Morgan fingerprint density at radius 3 is 2.65 bits per heavy atom. The Morgan fingerprint density at radius 1 is 1.12 bits per heavy atom. The molecule has 1 heterocycles. The number of benzene rings is 1. The molecule has 0 aliphatic rings. The zero-order chi connectivity index (χ0) is 12.3. The molecule has 0 aliphatic carbocycles. The molecule has 0 fully saturated rings. The number of halogens is 2. The molecule has 88 valence electrons. The Labute approximate surface area is 114 Å². The molecular weight excluding hydrogens is 275 g/mol. The van der Waals surface area contributed by atoms with Crippen LogP contribution in [-0.2, 0) is 5.75 Å². The number of thioether (sulfide) groups is 1. The number of aromatic nitrogens is 1. The van der Waals surface area contributed by atoms with Gasteiger partial charge < -0.3 is 5.73 Å². The van der Waals surface area contributed by atoms with Crippen molar-refractivity contribution in [2.45, 2.75) is 10.6 Å². The van der Waals surface area contributed by atoms with Crippen LogP contribution in [-0.4, -0.2) is 4.98 Å². The summed E-state index contributed by atoms with van der Waals surface area (Å²) in [7, 11) is 0. The molecule has 0 saturated carbocycles. The van der Waals surface area contributed by atoms with Crippen LogP contribution in [0.25, 0.3) is 0 Å². The van der Waals surface area contributed by atoms with Crippen molar-refractivity contribution in [3.05, 3.63) is 52.1 Å². The van der Waals surface area contributed by atoms with Gasteiger partial charge in [0.1, 0.15) is 5.82 Å². The Balaban J connectivity index is 2.05. The van der Waals surface area contributed by atoms with E-state index < -0.39 is 0 Å². The summed E-state index contributed by atoms with van der Waals surface area (Å²) in [6.45, 7) is 0. The molecule has 2 nitrogen and oxygen atoms in total. The summed E-state index contributed by atoms with van der Waals surface area (Å²) in [4.78, 5) is 5.29. The van der Waals surface area contributed by atoms with Gasteiger partial charge in [-0.3, -0.25) is 0 Å². The van der Waals surface area contributed by atoms with Gasteiger partial charge >= 0.3 is 0 Å². The highest BCUT2D eigenvalue weighted by Gasteiger charge is 2.01. The van der Waals surface area contributed by atoms with Crippen LogP contribution in [0.15, 0.2) is 41.3 Å². The minimum absolute atomic E-state index is 0.539. The van der Waals surface area contributed by atoms with Gasteiger partial charge in [0.25, 0.3) is 0 Å². The third kappa shape index (κ3) is 3.53. The van der Waals surface area contributed by atoms with Crippen LogP contribution >= 0.6 is 35.0 Å². The van der Waals surface area contributed by atoms with Gasteiger partial charge in [-0.25, -0.2) is 4.98 Å². The van der Waals surface area contributed by atoms with Gasteiger partial charge in [-0.2, -0.15) is 0 Å². The summed E-state index contributed by atoms with van der Waals surface area (Å²) in [5.41, 5.74) is 6.56. The molecule has 2 aromatic rings. The van der Waals surface area contributed by atoms with Crippen molar-refractivity contribution in [2.24, 2.45) is 0 Å². The zero-order valence-corrected chi connectivity index (χ0v) is 11.2. The average molecular weight is 285 g/mol. The summed E-state index contributed by atoms with van der Waals surface area (Å²) in [5.74, 6) is 1.29. The standard InChI is InChI=1S/C12H10Cl2N2S/c13-10-5-4-9(6-11(10)14)17-7-8-2-1-3-12(15)16-8/h1-6H,7H2,(H2,15,16). The van der Waals surface area contributed by atoms with Crippen LogP contribution in [0.3, 0.4) is 0 Å². The van der Waals surface area contributed by atoms with Crippen LogP contribution in [0.2, 0.25) is 10.0 Å². The van der Waals surface area contributed by atoms with E-state index in [1.54, 1.807) is 23.9 Å². The van der Waals surface area contributed by atoms with Crippen LogP contribution in [0.1, 0.15) is 5.69 Å². The Bertz CT molecular complexity index is 532. The molecule has 0 unspecified atom stereocenters. The molecule has 0 radical (unpaired) electrons. The maximum atomic E-state index is 5.94. The number of hydrogen-bond donors (Lipinski definition) is 1. The van der Waals surface area contributed by atoms with Crippen molar-refractivity contribution in [3.8, 4) is 0 Å². The third-order valence-electron chi connectivity index (χ3n) is 2.11. The van der Waals surface area contributed by atoms with Crippen molar-refractivity contribution in [3.63, 3.8) is 0 Å². The van der Waals surface area contributed by atoms with Crippen molar-refractivity contribution in [1.29, 1.82) is 0 Å². The highest BCUT2D eigenvalue weighted by atomic mass is 35.5. The topological polar surface area (TPSA) is 38.9 Å². The number of nitrogens with two attached hydrogens (primary N) is 1. The summed E-state index contributed by atoms with van der Waals surface area (Å²) < 4.78 is 0. The van der Waals surface area contributed by atoms with E-state index >= 15 is 0 Å². The highest BCUT2D eigenvalue weighted by Crippen LogP contribution is 2.29. The number of nitrogens with zero attached hydrogens (tertiary/aromatic N) is 1. The summed E-state index contributed by atoms with van der Waals surface area (Å²) >= 11 is 13.4. The Kier molecular flexibility index (Phi) is 4.15. The SMILES string of the molecule is Nc1cccc(CSc2ccc(Cl)c(Cl)c2)n1. The second-order valence-corrected chi connectivity index (χ2v) is 5.28. The van der Waals surface area contributed by atoms with E-state index in [1.807, 2.05) is 24.3 Å². The first-order valence-corrected chi connectivity index (χ1v) is 6.68. The van der Waals surface area contributed by atoms with E-state index in [2.05, 4.69) is 4.98 Å². The van der Waals surface area contributed by atoms with Crippen LogP contribution in [0, 0.1) is 0 Å². The predicted octanol–water partition coefficient (Wildman–Crippen LogP) is 4.26. The molecule has 0 bridgehead atoms. The number of rotatable bonds is 3. The predicted molar refractivity (Wildman–Crippen MR) is 74.7 cm³/mol. The van der Waals surface area contributed by atoms with Crippen LogP contribution < -0.4 is 5.73 Å². The Hall–Kier alpha value is -0.900. The highest BCUT2D eigenvalue weighted by molar-refractivity contribution is 7.98. The summed E-state index contributed by atoms with van der Waals surface area (Å²) in [6, 6.07) is 11.2. The second-order valence-electron chi connectivity index (χ2n) is 3.42. The second kappa shape index (κ2) is 5.63. The molecule has 2 N–H and O–H groups in total. The largest absolute Gasteiger partial charge is 0.384 e. The van der Waals surface area contributed by atoms with E-state index in [-0.39, 0.29) is 0 Å². The maximum Gasteiger partial charge on any atom is 0.123 e. The van der Waals surface area contributed by atoms with Gasteiger partial charge in [-0.15, -0.1) is 11.8 Å². The normalized spacial score (nSPS) is 10.5. The van der Waals surface area contributed by atoms with E-state index in [0.29, 0.717) is 15.9 Å². The first-order valence-electron chi connectivity index (χ1n) is 4.94. The van der Waals surface area contributed by atoms with E-state index in [9.17, 15) is 0 Å². The lowest BCUT2D eigenvalue weighted by atomic mass is 10.4. The molecule has 0 spiro atoms. The maximum absolute atomic E-state index is 5.94. The van der Waals surface area contributed by atoms with Gasteiger partial charge in [-0.05, 0) is 30.3 Å². The molecule has 1 aromatic carbocycles. The fourth-order valence-corrected chi connectivity index (χ4v) is 2.51. The van der Waals surface area contributed by atoms with Crippen molar-refractivity contribution in [1.82, 2.24) is 4.98 Å². The molecule has 0 amide bonds. The smallest absolute Gasteiger partial charge is 0.123 e. The minimum Gasteiger partial charge on any atom is -0.384 e. The van der Waals surface area contributed by atoms with E-state index in [4.69, 9.17) is 28.9 Å². The molecule has 2 rings (SSSR count). The number of anilines is 1. The molecule has 5 heteroatoms. The van der Waals surface area contributed by atoms with Gasteiger partial charge in [0.2, 0.25) is 0 Å². The molecule has 17 heavy (non-hydrogen) atoms. The van der Waals surface area contributed by atoms with E-state index in [0.717, 1.165) is 16.3 Å². The fraction of sp³-hybridized carbons (Fsp3) is 0.0833.